The molecule has 0 saturated heterocycles. The molecule has 2 aromatic rings. The lowest BCUT2D eigenvalue weighted by molar-refractivity contribution is -0.115. The van der Waals surface area contributed by atoms with Crippen LogP contribution in [0.4, 0.5) is 5.69 Å². The van der Waals surface area contributed by atoms with E-state index < -0.39 is 0 Å². The lowest BCUT2D eigenvalue weighted by Crippen LogP contribution is -2.15. The lowest BCUT2D eigenvalue weighted by atomic mass is 10.1. The van der Waals surface area contributed by atoms with Gasteiger partial charge >= 0.3 is 0 Å². The van der Waals surface area contributed by atoms with Gasteiger partial charge in [0.2, 0.25) is 5.91 Å². The molecule has 100 valence electrons. The van der Waals surface area contributed by atoms with Gasteiger partial charge in [0.15, 0.2) is 0 Å². The lowest BCUT2D eigenvalue weighted by Gasteiger charge is -2.07. The van der Waals surface area contributed by atoms with E-state index in [-0.39, 0.29) is 12.3 Å². The molecule has 1 N–H and O–H groups in total. The van der Waals surface area contributed by atoms with Crippen LogP contribution in [0.3, 0.4) is 0 Å². The minimum absolute atomic E-state index is 0.151. The number of hydrogen-bond acceptors (Lipinski definition) is 2. The fourth-order valence-electron chi connectivity index (χ4n) is 1.74. The van der Waals surface area contributed by atoms with Crippen molar-refractivity contribution < 1.29 is 4.79 Å². The molecule has 0 atom stereocenters. The van der Waals surface area contributed by atoms with Crippen LogP contribution in [-0.2, 0) is 11.2 Å². The molecule has 0 heterocycles. The molecule has 2 rings (SSSR count). The molecule has 0 saturated carbocycles. The van der Waals surface area contributed by atoms with E-state index in [2.05, 4.69) is 43.2 Å². The third-order valence-corrected chi connectivity index (χ3v) is 3.62. The minimum atomic E-state index is -0.151. The third-order valence-electron chi connectivity index (χ3n) is 2.63. The number of nitriles is 1. The number of anilines is 1. The van der Waals surface area contributed by atoms with Gasteiger partial charge < -0.3 is 5.32 Å². The number of nitrogens with zero attached hydrogens (tertiary/aromatic N) is 1. The number of hydrogen-bond donors (Lipinski definition) is 1. The largest absolute Gasteiger partial charge is 0.325 e. The Hall–Kier alpha value is -1.64. The topological polar surface area (TPSA) is 52.9 Å². The minimum Gasteiger partial charge on any atom is -0.325 e. The van der Waals surface area contributed by atoms with E-state index in [9.17, 15) is 4.79 Å². The summed E-state index contributed by atoms with van der Waals surface area (Å²) in [5.74, 6) is -0.151. The predicted molar refractivity (Wildman–Crippen MR) is 85.3 cm³/mol. The van der Waals surface area contributed by atoms with Gasteiger partial charge in [-0.1, -0.05) is 44.0 Å². The molecule has 0 aliphatic heterocycles. The average molecular weight is 394 g/mol. The van der Waals surface area contributed by atoms with Crippen molar-refractivity contribution in [3.8, 4) is 6.07 Å². The van der Waals surface area contributed by atoms with Crippen molar-refractivity contribution in [2.24, 2.45) is 0 Å². The summed E-state index contributed by atoms with van der Waals surface area (Å²) >= 11 is 6.67. The van der Waals surface area contributed by atoms with Gasteiger partial charge in [-0.05, 0) is 35.9 Å². The van der Waals surface area contributed by atoms with E-state index in [1.807, 2.05) is 24.3 Å². The zero-order valence-electron chi connectivity index (χ0n) is 10.4. The first-order valence-electron chi connectivity index (χ1n) is 5.82. The van der Waals surface area contributed by atoms with Gasteiger partial charge in [0.05, 0.1) is 17.7 Å². The maximum absolute atomic E-state index is 12.0. The van der Waals surface area contributed by atoms with Gasteiger partial charge in [-0.2, -0.15) is 5.26 Å². The van der Waals surface area contributed by atoms with Crippen molar-refractivity contribution in [3.05, 3.63) is 62.5 Å². The van der Waals surface area contributed by atoms with E-state index in [4.69, 9.17) is 5.26 Å². The van der Waals surface area contributed by atoms with Crippen LogP contribution >= 0.6 is 31.9 Å². The number of carbonyl (C=O) groups is 1. The molecule has 0 bridgehead atoms. The highest BCUT2D eigenvalue weighted by atomic mass is 79.9. The standard InChI is InChI=1S/C15H10Br2N2O/c16-12-3-1-2-10(6-12)7-15(20)19-14-5-4-13(17)8-11(14)9-18/h1-6,8H,7H2,(H,19,20). The van der Waals surface area contributed by atoms with Gasteiger partial charge in [-0.15, -0.1) is 0 Å². The Morgan fingerprint density at radius 1 is 1.15 bits per heavy atom. The van der Waals surface area contributed by atoms with Crippen LogP contribution in [0.2, 0.25) is 0 Å². The second kappa shape index (κ2) is 6.69. The third kappa shape index (κ3) is 3.92. The zero-order chi connectivity index (χ0) is 14.5. The van der Waals surface area contributed by atoms with E-state index >= 15 is 0 Å². The number of benzene rings is 2. The molecule has 0 aliphatic carbocycles. The average Bonchev–Trinajstić information content (AvgIpc) is 2.40. The molecule has 2 aromatic carbocycles. The maximum atomic E-state index is 12.0. The monoisotopic (exact) mass is 392 g/mol. The number of halogens is 2. The molecule has 5 heteroatoms. The smallest absolute Gasteiger partial charge is 0.228 e. The van der Waals surface area contributed by atoms with Crippen molar-refractivity contribution in [3.63, 3.8) is 0 Å². The second-order valence-electron chi connectivity index (χ2n) is 4.16. The summed E-state index contributed by atoms with van der Waals surface area (Å²) in [6.45, 7) is 0. The summed E-state index contributed by atoms with van der Waals surface area (Å²) in [5.41, 5.74) is 1.87. The molecule has 3 nitrogen and oxygen atoms in total. The normalized spacial score (nSPS) is 9.85. The summed E-state index contributed by atoms with van der Waals surface area (Å²) < 4.78 is 1.74. The van der Waals surface area contributed by atoms with Crippen molar-refractivity contribution in [1.29, 1.82) is 5.26 Å². The van der Waals surface area contributed by atoms with Gasteiger partial charge in [-0.3, -0.25) is 4.79 Å². The highest BCUT2D eigenvalue weighted by molar-refractivity contribution is 9.10. The highest BCUT2D eigenvalue weighted by Crippen LogP contribution is 2.20. The molecule has 1 amide bonds. The van der Waals surface area contributed by atoms with E-state index in [0.717, 1.165) is 14.5 Å². The van der Waals surface area contributed by atoms with Crippen molar-refractivity contribution in [1.82, 2.24) is 0 Å². The molecule has 0 spiro atoms. The SMILES string of the molecule is N#Cc1cc(Br)ccc1NC(=O)Cc1cccc(Br)c1. The number of rotatable bonds is 3. The molecule has 20 heavy (non-hydrogen) atoms. The highest BCUT2D eigenvalue weighted by Gasteiger charge is 2.08. The first-order chi connectivity index (χ1) is 9.58. The van der Waals surface area contributed by atoms with E-state index in [0.29, 0.717) is 11.3 Å². The van der Waals surface area contributed by atoms with E-state index in [1.165, 1.54) is 0 Å². The van der Waals surface area contributed by atoms with Gasteiger partial charge in [-0.25, -0.2) is 0 Å². The van der Waals surface area contributed by atoms with E-state index in [1.54, 1.807) is 18.2 Å². The number of carbonyl (C=O) groups excluding carboxylic acids is 1. The molecule has 0 fully saturated rings. The van der Waals surface area contributed by atoms with Gasteiger partial charge in [0.1, 0.15) is 6.07 Å². The molecule has 0 aliphatic rings. The zero-order valence-corrected chi connectivity index (χ0v) is 13.5. The predicted octanol–water partition coefficient (Wildman–Crippen LogP) is 4.26. The summed E-state index contributed by atoms with van der Waals surface area (Å²) in [5, 5.41) is 11.8. The van der Waals surface area contributed by atoms with Crippen LogP contribution in [0, 0.1) is 11.3 Å². The van der Waals surface area contributed by atoms with Crippen molar-refractivity contribution >= 4 is 43.5 Å². The van der Waals surface area contributed by atoms with Crippen LogP contribution in [0.15, 0.2) is 51.4 Å². The van der Waals surface area contributed by atoms with Gasteiger partial charge in [0, 0.05) is 8.95 Å². The van der Waals surface area contributed by atoms with Crippen molar-refractivity contribution in [2.45, 2.75) is 6.42 Å². The molecule has 0 radical (unpaired) electrons. The Balaban J connectivity index is 2.11. The summed E-state index contributed by atoms with van der Waals surface area (Å²) in [7, 11) is 0. The van der Waals surface area contributed by atoms with Crippen LogP contribution in [0.1, 0.15) is 11.1 Å². The Bertz CT molecular complexity index is 693. The molecule has 0 aromatic heterocycles. The summed E-state index contributed by atoms with van der Waals surface area (Å²) in [6, 6.07) is 14.8. The van der Waals surface area contributed by atoms with Crippen LogP contribution in [0.5, 0.6) is 0 Å². The fourth-order valence-corrected chi connectivity index (χ4v) is 2.55. The molecular weight excluding hydrogens is 384 g/mol. The van der Waals surface area contributed by atoms with Crippen LogP contribution in [-0.4, -0.2) is 5.91 Å². The second-order valence-corrected chi connectivity index (χ2v) is 5.99. The Morgan fingerprint density at radius 3 is 2.60 bits per heavy atom. The number of nitrogens with one attached hydrogen (secondary N) is 1. The molecular formula is C15H10Br2N2O. The van der Waals surface area contributed by atoms with Crippen LogP contribution in [0.25, 0.3) is 0 Å². The summed E-state index contributed by atoms with van der Waals surface area (Å²) in [6.07, 6.45) is 0.264. The number of amides is 1. The Kier molecular flexibility index (Phi) is 4.94. The van der Waals surface area contributed by atoms with Crippen LogP contribution < -0.4 is 5.32 Å². The fraction of sp³-hybridized carbons (Fsp3) is 0.0667. The summed E-state index contributed by atoms with van der Waals surface area (Å²) in [4.78, 5) is 12.0. The Labute approximate surface area is 133 Å². The first-order valence-corrected chi connectivity index (χ1v) is 7.41. The Morgan fingerprint density at radius 2 is 1.90 bits per heavy atom. The molecule has 0 unspecified atom stereocenters. The quantitative estimate of drug-likeness (QED) is 0.846. The maximum Gasteiger partial charge on any atom is 0.228 e. The first kappa shape index (κ1) is 14.8. The van der Waals surface area contributed by atoms with Crippen molar-refractivity contribution in [2.75, 3.05) is 5.32 Å². The van der Waals surface area contributed by atoms with Gasteiger partial charge in [0.25, 0.3) is 0 Å².